The van der Waals surface area contributed by atoms with E-state index in [1.54, 1.807) is 11.3 Å². The molecule has 0 saturated heterocycles. The number of aryl methyl sites for hydroxylation is 4. The second kappa shape index (κ2) is 5.50. The monoisotopic (exact) mass is 372 g/mol. The van der Waals surface area contributed by atoms with Crippen LogP contribution in [0.2, 0.25) is 0 Å². The van der Waals surface area contributed by atoms with Crippen LogP contribution in [-0.4, -0.2) is 19.3 Å². The zero-order chi connectivity index (χ0) is 14.3. The summed E-state index contributed by atoms with van der Waals surface area (Å²) < 4.78 is 5.23. The van der Waals surface area contributed by atoms with Crippen LogP contribution in [0, 0.1) is 6.92 Å². The molecule has 3 rings (SSSR count). The Morgan fingerprint density at radius 3 is 2.85 bits per heavy atom. The fourth-order valence-corrected chi connectivity index (χ4v) is 4.10. The van der Waals surface area contributed by atoms with Crippen molar-refractivity contribution < 1.29 is 0 Å². The Morgan fingerprint density at radius 1 is 1.40 bits per heavy atom. The van der Waals surface area contributed by atoms with Crippen LogP contribution in [0.25, 0.3) is 11.2 Å². The van der Waals surface area contributed by atoms with Crippen molar-refractivity contribution in [2.24, 2.45) is 7.05 Å². The summed E-state index contributed by atoms with van der Waals surface area (Å²) in [7, 11) is 1.95. The van der Waals surface area contributed by atoms with Crippen LogP contribution in [0.3, 0.4) is 0 Å². The molecule has 0 radical (unpaired) electrons. The minimum atomic E-state index is 0.419. The average Bonchev–Trinajstić information content (AvgIpc) is 3.05. The lowest BCUT2D eigenvalue weighted by Gasteiger charge is -2.07. The van der Waals surface area contributed by atoms with Crippen molar-refractivity contribution in [1.29, 1.82) is 0 Å². The summed E-state index contributed by atoms with van der Waals surface area (Å²) in [5, 5.41) is 4.43. The van der Waals surface area contributed by atoms with E-state index in [9.17, 15) is 0 Å². The molecule has 0 bridgehead atoms. The number of hydrogen-bond acceptors (Lipinski definition) is 3. The van der Waals surface area contributed by atoms with Crippen LogP contribution in [0.5, 0.6) is 0 Å². The van der Waals surface area contributed by atoms with Gasteiger partial charge in [-0.2, -0.15) is 5.10 Å². The molecule has 7 heteroatoms. The highest BCUT2D eigenvalue weighted by Gasteiger charge is 2.16. The molecule has 0 atom stereocenters. The fourth-order valence-electron chi connectivity index (χ4n) is 2.42. The molecule has 3 aromatic heterocycles. The van der Waals surface area contributed by atoms with E-state index in [-0.39, 0.29) is 0 Å². The molecule has 0 saturated carbocycles. The molecule has 0 amide bonds. The maximum atomic E-state index is 6.03. The standard InChI is InChI=1S/C13H14BrClN4S/c1-8-12-13(18(2)17-8)19(11(7-15)16-12)6-5-9-3-4-10(14)20-9/h3-4H,5-7H2,1-2H3. The summed E-state index contributed by atoms with van der Waals surface area (Å²) in [5.74, 6) is 1.33. The van der Waals surface area contributed by atoms with E-state index in [0.717, 1.165) is 39.4 Å². The van der Waals surface area contributed by atoms with Gasteiger partial charge in [-0.3, -0.25) is 4.68 Å². The van der Waals surface area contributed by atoms with Gasteiger partial charge in [-0.25, -0.2) is 4.98 Å². The fraction of sp³-hybridized carbons (Fsp3) is 0.385. The summed E-state index contributed by atoms with van der Waals surface area (Å²) in [6.45, 7) is 2.85. The van der Waals surface area contributed by atoms with Crippen LogP contribution in [-0.2, 0) is 25.9 Å². The van der Waals surface area contributed by atoms with Gasteiger partial charge in [-0.15, -0.1) is 22.9 Å². The van der Waals surface area contributed by atoms with Gasteiger partial charge >= 0.3 is 0 Å². The topological polar surface area (TPSA) is 35.6 Å². The van der Waals surface area contributed by atoms with Crippen molar-refractivity contribution in [3.05, 3.63) is 32.3 Å². The van der Waals surface area contributed by atoms with Crippen molar-refractivity contribution in [3.63, 3.8) is 0 Å². The van der Waals surface area contributed by atoms with E-state index in [0.29, 0.717) is 5.88 Å². The number of imidazole rings is 1. The number of aromatic nitrogens is 4. The van der Waals surface area contributed by atoms with E-state index >= 15 is 0 Å². The molecule has 4 nitrogen and oxygen atoms in total. The molecule has 20 heavy (non-hydrogen) atoms. The van der Waals surface area contributed by atoms with Gasteiger partial charge in [0, 0.05) is 18.5 Å². The molecule has 0 unspecified atom stereocenters. The number of alkyl halides is 1. The average molecular weight is 374 g/mol. The SMILES string of the molecule is Cc1nn(C)c2c1nc(CCl)n2CCc1ccc(Br)s1. The lowest BCUT2D eigenvalue weighted by atomic mass is 10.3. The second-order valence-corrected chi connectivity index (χ2v) is 7.47. The third-order valence-electron chi connectivity index (χ3n) is 3.30. The van der Waals surface area contributed by atoms with E-state index < -0.39 is 0 Å². The Bertz CT molecular complexity index is 758. The Labute approximate surface area is 134 Å². The number of halogens is 2. The predicted octanol–water partition coefficient (Wildman–Crippen LogP) is 3.88. The van der Waals surface area contributed by atoms with Gasteiger partial charge in [0.2, 0.25) is 0 Å². The summed E-state index contributed by atoms with van der Waals surface area (Å²) in [5.41, 5.74) is 2.95. The maximum absolute atomic E-state index is 6.03. The van der Waals surface area contributed by atoms with Gasteiger partial charge in [-0.1, -0.05) is 0 Å². The van der Waals surface area contributed by atoms with Crippen molar-refractivity contribution in [2.75, 3.05) is 0 Å². The van der Waals surface area contributed by atoms with Crippen molar-refractivity contribution in [1.82, 2.24) is 19.3 Å². The van der Waals surface area contributed by atoms with Gasteiger partial charge in [0.05, 0.1) is 15.4 Å². The van der Waals surface area contributed by atoms with Crippen molar-refractivity contribution in [3.8, 4) is 0 Å². The Balaban J connectivity index is 1.96. The highest BCUT2D eigenvalue weighted by molar-refractivity contribution is 9.11. The molecule has 0 aliphatic heterocycles. The molecule has 0 spiro atoms. The number of rotatable bonds is 4. The molecule has 0 N–H and O–H groups in total. The van der Waals surface area contributed by atoms with E-state index in [1.807, 2.05) is 18.7 Å². The quantitative estimate of drug-likeness (QED) is 0.651. The van der Waals surface area contributed by atoms with Gasteiger partial charge in [0.1, 0.15) is 11.3 Å². The first-order chi connectivity index (χ1) is 9.60. The largest absolute Gasteiger partial charge is 0.312 e. The van der Waals surface area contributed by atoms with E-state index in [1.165, 1.54) is 4.88 Å². The summed E-state index contributed by atoms with van der Waals surface area (Å²) in [6, 6.07) is 4.23. The van der Waals surface area contributed by atoms with Crippen LogP contribution < -0.4 is 0 Å². The maximum Gasteiger partial charge on any atom is 0.158 e. The highest BCUT2D eigenvalue weighted by atomic mass is 79.9. The van der Waals surface area contributed by atoms with Crippen molar-refractivity contribution in [2.45, 2.75) is 25.8 Å². The third-order valence-corrected chi connectivity index (χ3v) is 5.22. The Kier molecular flexibility index (Phi) is 3.88. The van der Waals surface area contributed by atoms with Crippen LogP contribution >= 0.6 is 38.9 Å². The van der Waals surface area contributed by atoms with E-state index in [4.69, 9.17) is 11.6 Å². The molecular formula is C13H14BrClN4S. The molecule has 3 aromatic rings. The van der Waals surface area contributed by atoms with Gasteiger partial charge < -0.3 is 4.57 Å². The number of fused-ring (bicyclic) bond motifs is 1. The van der Waals surface area contributed by atoms with Crippen LogP contribution in [0.4, 0.5) is 0 Å². The van der Waals surface area contributed by atoms with Gasteiger partial charge in [0.15, 0.2) is 5.65 Å². The molecule has 0 fully saturated rings. The normalized spacial score (nSPS) is 11.6. The first-order valence-electron chi connectivity index (χ1n) is 6.29. The summed E-state index contributed by atoms with van der Waals surface area (Å²) >= 11 is 11.3. The first kappa shape index (κ1) is 14.1. The zero-order valence-electron chi connectivity index (χ0n) is 11.2. The smallest absolute Gasteiger partial charge is 0.158 e. The summed E-state index contributed by atoms with van der Waals surface area (Å²) in [4.78, 5) is 5.96. The zero-order valence-corrected chi connectivity index (χ0v) is 14.4. The molecule has 106 valence electrons. The minimum absolute atomic E-state index is 0.419. The second-order valence-electron chi connectivity index (χ2n) is 4.65. The lowest BCUT2D eigenvalue weighted by molar-refractivity contribution is 0.654. The van der Waals surface area contributed by atoms with Crippen molar-refractivity contribution >= 4 is 50.0 Å². The molecule has 3 heterocycles. The molecular weight excluding hydrogens is 360 g/mol. The van der Waals surface area contributed by atoms with Crippen LogP contribution in [0.1, 0.15) is 16.4 Å². The van der Waals surface area contributed by atoms with Crippen LogP contribution in [0.15, 0.2) is 15.9 Å². The highest BCUT2D eigenvalue weighted by Crippen LogP contribution is 2.24. The first-order valence-corrected chi connectivity index (χ1v) is 8.43. The van der Waals surface area contributed by atoms with Gasteiger partial charge in [0.25, 0.3) is 0 Å². The molecule has 0 aliphatic rings. The summed E-state index contributed by atoms with van der Waals surface area (Å²) in [6.07, 6.45) is 0.968. The molecule has 0 aromatic carbocycles. The predicted molar refractivity (Wildman–Crippen MR) is 86.5 cm³/mol. The Morgan fingerprint density at radius 2 is 2.20 bits per heavy atom. The third kappa shape index (κ3) is 2.40. The van der Waals surface area contributed by atoms with Gasteiger partial charge in [-0.05, 0) is 41.4 Å². The minimum Gasteiger partial charge on any atom is -0.312 e. The van der Waals surface area contributed by atoms with E-state index in [2.05, 4.69) is 42.7 Å². The lowest BCUT2D eigenvalue weighted by Crippen LogP contribution is -2.08. The number of nitrogens with zero attached hydrogens (tertiary/aromatic N) is 4. The Hall–Kier alpha value is -0.850. The number of hydrogen-bond donors (Lipinski definition) is 0. The molecule has 0 aliphatic carbocycles. The number of thiophene rings is 1.